The molecular formula is C18H22FNO. The smallest absolute Gasteiger partial charge is 0.123 e. The second-order valence-corrected chi connectivity index (χ2v) is 5.24. The molecule has 0 aliphatic carbocycles. The second-order valence-electron chi connectivity index (χ2n) is 5.24. The molecule has 0 fully saturated rings. The summed E-state index contributed by atoms with van der Waals surface area (Å²) >= 11 is 0. The minimum absolute atomic E-state index is 0.119. The number of halogens is 1. The van der Waals surface area contributed by atoms with Crippen LogP contribution in [0.3, 0.4) is 0 Å². The van der Waals surface area contributed by atoms with Gasteiger partial charge in [0.2, 0.25) is 0 Å². The van der Waals surface area contributed by atoms with Crippen molar-refractivity contribution in [3.05, 3.63) is 65.0 Å². The van der Waals surface area contributed by atoms with Crippen molar-refractivity contribution in [1.29, 1.82) is 0 Å². The summed E-state index contributed by atoms with van der Waals surface area (Å²) in [6.45, 7) is 5.13. The van der Waals surface area contributed by atoms with Crippen LogP contribution in [-0.4, -0.2) is 13.2 Å². The summed E-state index contributed by atoms with van der Waals surface area (Å²) in [5.41, 5.74) is 9.18. The molecule has 1 unspecified atom stereocenters. The quantitative estimate of drug-likeness (QED) is 0.876. The average Bonchev–Trinajstić information content (AvgIpc) is 2.47. The van der Waals surface area contributed by atoms with Crippen LogP contribution >= 0.6 is 0 Å². The zero-order valence-electron chi connectivity index (χ0n) is 12.6. The first-order valence-corrected chi connectivity index (χ1v) is 7.32. The van der Waals surface area contributed by atoms with Gasteiger partial charge in [0.15, 0.2) is 0 Å². The van der Waals surface area contributed by atoms with Crippen LogP contribution in [0.4, 0.5) is 4.39 Å². The first-order chi connectivity index (χ1) is 10.1. The lowest BCUT2D eigenvalue weighted by molar-refractivity contribution is 0.334. The van der Waals surface area contributed by atoms with Gasteiger partial charge >= 0.3 is 0 Å². The fourth-order valence-electron chi connectivity index (χ4n) is 2.54. The number of hydrogen-bond donors (Lipinski definition) is 1. The second kappa shape index (κ2) is 7.23. The van der Waals surface area contributed by atoms with Crippen molar-refractivity contribution in [2.75, 3.05) is 13.2 Å². The highest BCUT2D eigenvalue weighted by Gasteiger charge is 2.16. The molecule has 3 heteroatoms. The van der Waals surface area contributed by atoms with Gasteiger partial charge in [0.1, 0.15) is 11.6 Å². The molecule has 0 aliphatic heterocycles. The summed E-state index contributed by atoms with van der Waals surface area (Å²) in [5.74, 6) is 0.778. The molecule has 2 rings (SSSR count). The Labute approximate surface area is 125 Å². The molecule has 0 radical (unpaired) electrons. The van der Waals surface area contributed by atoms with Gasteiger partial charge in [0, 0.05) is 5.92 Å². The largest absolute Gasteiger partial charge is 0.494 e. The molecule has 0 bridgehead atoms. The number of aryl methyl sites for hydroxylation is 1. The highest BCUT2D eigenvalue weighted by Crippen LogP contribution is 2.30. The zero-order chi connectivity index (χ0) is 15.2. The zero-order valence-corrected chi connectivity index (χ0v) is 12.6. The molecule has 0 aromatic heterocycles. The van der Waals surface area contributed by atoms with Gasteiger partial charge in [0.05, 0.1) is 6.61 Å². The van der Waals surface area contributed by atoms with E-state index in [0.29, 0.717) is 19.6 Å². The third-order valence-electron chi connectivity index (χ3n) is 3.56. The summed E-state index contributed by atoms with van der Waals surface area (Å²) in [5, 5.41) is 0. The Bertz CT molecular complexity index is 598. The van der Waals surface area contributed by atoms with E-state index in [1.54, 1.807) is 12.1 Å². The van der Waals surface area contributed by atoms with E-state index < -0.39 is 0 Å². The lowest BCUT2D eigenvalue weighted by Crippen LogP contribution is -2.16. The summed E-state index contributed by atoms with van der Waals surface area (Å²) in [6.07, 6.45) is 0.706. The summed E-state index contributed by atoms with van der Waals surface area (Å²) in [7, 11) is 0. The van der Waals surface area contributed by atoms with Gasteiger partial charge < -0.3 is 10.5 Å². The maximum Gasteiger partial charge on any atom is 0.123 e. The van der Waals surface area contributed by atoms with Crippen LogP contribution in [0.25, 0.3) is 0 Å². The van der Waals surface area contributed by atoms with Crippen molar-refractivity contribution >= 4 is 0 Å². The van der Waals surface area contributed by atoms with E-state index in [9.17, 15) is 4.39 Å². The molecule has 2 nitrogen and oxygen atoms in total. The Morgan fingerprint density at radius 1 is 1.19 bits per heavy atom. The van der Waals surface area contributed by atoms with Gasteiger partial charge in [0.25, 0.3) is 0 Å². The van der Waals surface area contributed by atoms with Gasteiger partial charge in [-0.15, -0.1) is 0 Å². The number of rotatable bonds is 6. The van der Waals surface area contributed by atoms with Crippen LogP contribution in [0.5, 0.6) is 5.75 Å². The van der Waals surface area contributed by atoms with E-state index in [4.69, 9.17) is 10.5 Å². The fourth-order valence-corrected chi connectivity index (χ4v) is 2.54. The molecule has 2 N–H and O–H groups in total. The molecule has 0 saturated carbocycles. The average molecular weight is 287 g/mol. The van der Waals surface area contributed by atoms with Crippen molar-refractivity contribution in [3.63, 3.8) is 0 Å². The Morgan fingerprint density at radius 2 is 2.00 bits per heavy atom. The van der Waals surface area contributed by atoms with Crippen LogP contribution in [0.1, 0.15) is 29.5 Å². The lowest BCUT2D eigenvalue weighted by Gasteiger charge is -2.20. The van der Waals surface area contributed by atoms with Crippen LogP contribution < -0.4 is 10.5 Å². The van der Waals surface area contributed by atoms with Crippen LogP contribution in [-0.2, 0) is 6.42 Å². The van der Waals surface area contributed by atoms with Crippen LogP contribution in [0.2, 0.25) is 0 Å². The topological polar surface area (TPSA) is 35.2 Å². The maximum absolute atomic E-state index is 13.3. The highest BCUT2D eigenvalue weighted by atomic mass is 19.1. The van der Waals surface area contributed by atoms with Gasteiger partial charge in [-0.1, -0.05) is 29.8 Å². The summed E-state index contributed by atoms with van der Waals surface area (Å²) < 4.78 is 19.0. The molecule has 2 aromatic rings. The molecule has 0 amide bonds. The number of nitrogens with two attached hydrogens (primary N) is 1. The normalized spacial score (nSPS) is 12.2. The van der Waals surface area contributed by atoms with Crippen molar-refractivity contribution in [2.24, 2.45) is 5.73 Å². The van der Waals surface area contributed by atoms with Crippen molar-refractivity contribution in [2.45, 2.75) is 26.2 Å². The molecule has 21 heavy (non-hydrogen) atoms. The van der Waals surface area contributed by atoms with E-state index in [1.807, 2.05) is 25.1 Å². The molecule has 2 aromatic carbocycles. The number of benzene rings is 2. The third kappa shape index (κ3) is 4.05. The molecule has 0 aliphatic rings. The summed E-state index contributed by atoms with van der Waals surface area (Å²) in [6, 6.07) is 12.8. The lowest BCUT2D eigenvalue weighted by atomic mass is 9.90. The Hall–Kier alpha value is -1.87. The highest BCUT2D eigenvalue weighted by molar-refractivity contribution is 5.40. The third-order valence-corrected chi connectivity index (χ3v) is 3.56. The first-order valence-electron chi connectivity index (χ1n) is 7.32. The molecule has 0 saturated heterocycles. The monoisotopic (exact) mass is 287 g/mol. The predicted octanol–water partition coefficient (Wildman–Crippen LogP) is 3.82. The van der Waals surface area contributed by atoms with Crippen LogP contribution in [0, 0.1) is 12.7 Å². The molecule has 0 spiro atoms. The Balaban J connectivity index is 2.30. The standard InChI is InChI=1S/C18H22FNO/c1-3-21-18-8-7-13(2)9-17(18)15(12-20)10-14-5-4-6-16(19)11-14/h4-9,11,15H,3,10,12,20H2,1-2H3. The van der Waals surface area contributed by atoms with E-state index >= 15 is 0 Å². The van der Waals surface area contributed by atoms with Gasteiger partial charge in [-0.2, -0.15) is 0 Å². The van der Waals surface area contributed by atoms with Crippen LogP contribution in [0.15, 0.2) is 42.5 Å². The fraction of sp³-hybridized carbons (Fsp3) is 0.333. The van der Waals surface area contributed by atoms with Crippen molar-refractivity contribution in [1.82, 2.24) is 0 Å². The molecular weight excluding hydrogens is 265 g/mol. The van der Waals surface area contributed by atoms with E-state index in [2.05, 4.69) is 13.0 Å². The van der Waals surface area contributed by atoms with E-state index in [1.165, 1.54) is 11.6 Å². The minimum atomic E-state index is -0.211. The maximum atomic E-state index is 13.3. The van der Waals surface area contributed by atoms with E-state index in [-0.39, 0.29) is 11.7 Å². The van der Waals surface area contributed by atoms with Gasteiger partial charge in [-0.05, 0) is 56.1 Å². The number of ether oxygens (including phenoxy) is 1. The van der Waals surface area contributed by atoms with Crippen molar-refractivity contribution in [3.8, 4) is 5.75 Å². The Morgan fingerprint density at radius 3 is 2.67 bits per heavy atom. The summed E-state index contributed by atoms with van der Waals surface area (Å²) in [4.78, 5) is 0. The van der Waals surface area contributed by atoms with Gasteiger partial charge in [-0.25, -0.2) is 4.39 Å². The van der Waals surface area contributed by atoms with Crippen molar-refractivity contribution < 1.29 is 9.13 Å². The molecule has 1 atom stereocenters. The predicted molar refractivity (Wildman–Crippen MR) is 84.2 cm³/mol. The molecule has 0 heterocycles. The minimum Gasteiger partial charge on any atom is -0.494 e. The SMILES string of the molecule is CCOc1ccc(C)cc1C(CN)Cc1cccc(F)c1. The first kappa shape index (κ1) is 15.5. The molecule has 112 valence electrons. The van der Waals surface area contributed by atoms with Gasteiger partial charge in [-0.3, -0.25) is 0 Å². The number of hydrogen-bond acceptors (Lipinski definition) is 2. The van der Waals surface area contributed by atoms with E-state index in [0.717, 1.165) is 16.9 Å². The Kier molecular flexibility index (Phi) is 5.34.